The first-order chi connectivity index (χ1) is 0. The van der Waals surface area contributed by atoms with E-state index in [-0.39, 0.29) is 171 Å². The fraction of sp³-hybridized carbons (Fsp3) is 0. The summed E-state index contributed by atoms with van der Waals surface area (Å²) < 4.78 is 0. The Labute approximate surface area is 166 Å². The van der Waals surface area contributed by atoms with Crippen molar-refractivity contribution in [2.75, 3.05) is 0 Å². The maximum atomic E-state index is 0. The maximum Gasteiger partial charge on any atom is 3.00 e. The van der Waals surface area contributed by atoms with Crippen LogP contribution in [0.25, 0.3) is 0 Å². The second kappa shape index (κ2) is 43.9. The summed E-state index contributed by atoms with van der Waals surface area (Å²) in [5.74, 6) is 0. The molecule has 7 heteroatoms. The van der Waals surface area contributed by atoms with Crippen LogP contribution in [0.5, 0.6) is 0 Å². The van der Waals surface area contributed by atoms with Crippen molar-refractivity contribution in [3.63, 3.8) is 0 Å². The zero-order valence-electron chi connectivity index (χ0n) is 3.38. The van der Waals surface area contributed by atoms with E-state index >= 15 is 0 Å². The molecule has 0 aliphatic rings. The molecule has 0 saturated heterocycles. The van der Waals surface area contributed by atoms with Crippen molar-refractivity contribution >= 4 is 0 Å². The average molecular weight is 606 g/mol. The van der Waals surface area contributed by atoms with Gasteiger partial charge in [-0.15, -0.1) is 0 Å². The van der Waals surface area contributed by atoms with Crippen LogP contribution in [0.15, 0.2) is 0 Å². The molecule has 0 saturated carbocycles. The van der Waals surface area contributed by atoms with Crippen LogP contribution in [0.3, 0.4) is 0 Å². The van der Waals surface area contributed by atoms with Gasteiger partial charge < -0.3 is 16.4 Å². The van der Waals surface area contributed by atoms with Gasteiger partial charge in [0.2, 0.25) is 0 Å². The zero-order chi connectivity index (χ0) is 0. The van der Waals surface area contributed by atoms with Crippen molar-refractivity contribution < 1.29 is 171 Å². The van der Waals surface area contributed by atoms with Crippen LogP contribution in [0, 0.1) is 155 Å². The van der Waals surface area contributed by atoms with Gasteiger partial charge in [0.25, 0.3) is 0 Å². The molecule has 0 heterocycles. The summed E-state index contributed by atoms with van der Waals surface area (Å²) >= 11 is 0. The Morgan fingerprint density at radius 2 is 0.429 bits per heavy atom. The standard InChI is InChI=1S/2Ce.2La.3O/q2*+3;;;3*-2. The second-order valence-corrected chi connectivity index (χ2v) is 0. The van der Waals surface area contributed by atoms with Crippen molar-refractivity contribution in [3.05, 3.63) is 0 Å². The fourth-order valence-electron chi connectivity index (χ4n) is 0. The first-order valence-corrected chi connectivity index (χ1v) is 0. The topological polar surface area (TPSA) is 85.5 Å². The predicted molar refractivity (Wildman–Crippen MR) is 2.06 cm³/mol. The van der Waals surface area contributed by atoms with Crippen LogP contribution in [0.1, 0.15) is 0 Å². The molecule has 0 aromatic heterocycles. The molecule has 0 fully saturated rings. The molecule has 0 aliphatic heterocycles. The molecule has 3 nitrogen and oxygen atoms in total. The van der Waals surface area contributed by atoms with Gasteiger partial charge in [-0.2, -0.15) is 0 Å². The molecule has 32 valence electrons. The molecule has 0 amide bonds. The summed E-state index contributed by atoms with van der Waals surface area (Å²) in [7, 11) is 0. The molecule has 0 aliphatic carbocycles. The minimum absolute atomic E-state index is 0. The van der Waals surface area contributed by atoms with E-state index in [2.05, 4.69) is 0 Å². The van der Waals surface area contributed by atoms with E-state index in [1.54, 1.807) is 0 Å². The molecular weight excluding hydrogens is 606 g/mol. The number of rotatable bonds is 0. The van der Waals surface area contributed by atoms with Gasteiger partial charge >= 0.3 is 83.5 Å². The largest absolute Gasteiger partial charge is 3.00 e. The van der Waals surface area contributed by atoms with Crippen molar-refractivity contribution in [2.45, 2.75) is 0 Å². The van der Waals surface area contributed by atoms with Crippen molar-refractivity contribution in [2.24, 2.45) is 0 Å². The minimum atomic E-state index is 0. The van der Waals surface area contributed by atoms with Gasteiger partial charge in [-0.05, 0) is 0 Å². The molecule has 0 rings (SSSR count). The Balaban J connectivity index is 0. The third-order valence-electron chi connectivity index (χ3n) is 0. The fourth-order valence-corrected chi connectivity index (χ4v) is 0. The van der Waals surface area contributed by atoms with E-state index in [0.717, 1.165) is 0 Å². The third kappa shape index (κ3) is 35.6. The number of hydrogen-bond acceptors (Lipinski definition) is 0. The van der Waals surface area contributed by atoms with Crippen molar-refractivity contribution in [1.82, 2.24) is 0 Å². The first-order valence-electron chi connectivity index (χ1n) is 0. The third-order valence-corrected chi connectivity index (χ3v) is 0. The monoisotopic (exact) mass is 606 g/mol. The quantitative estimate of drug-likeness (QED) is 0.362. The molecule has 0 unspecified atom stereocenters. The van der Waals surface area contributed by atoms with Gasteiger partial charge in [0.1, 0.15) is 0 Å². The Bertz CT molecular complexity index is 10.9. The summed E-state index contributed by atoms with van der Waals surface area (Å²) in [5.41, 5.74) is 0. The van der Waals surface area contributed by atoms with Crippen molar-refractivity contribution in [1.29, 1.82) is 0 Å². The zero-order valence-corrected chi connectivity index (χ0v) is 16.9. The summed E-state index contributed by atoms with van der Waals surface area (Å²) in [5, 5.41) is 0. The molecule has 0 atom stereocenters. The molecule has 7 heavy (non-hydrogen) atoms. The normalized spacial score (nSPS) is 0. The molecular formula is Ce2La2O3. The maximum absolute atomic E-state index is 0. The Hall–Kier alpha value is 5.02. The summed E-state index contributed by atoms with van der Waals surface area (Å²) in [6, 6.07) is 0. The van der Waals surface area contributed by atoms with E-state index in [4.69, 9.17) is 0 Å². The van der Waals surface area contributed by atoms with Crippen LogP contribution in [0.4, 0.5) is 0 Å². The second-order valence-electron chi connectivity index (χ2n) is 0. The molecule has 0 aromatic rings. The van der Waals surface area contributed by atoms with E-state index in [0.29, 0.717) is 0 Å². The van der Waals surface area contributed by atoms with E-state index in [1.807, 2.05) is 0 Å². The summed E-state index contributed by atoms with van der Waals surface area (Å²) in [4.78, 5) is 0. The van der Waals surface area contributed by atoms with E-state index in [1.165, 1.54) is 0 Å². The average Bonchev–Trinajstić information content (AvgIpc) is 0. The summed E-state index contributed by atoms with van der Waals surface area (Å²) in [6.07, 6.45) is 0. The van der Waals surface area contributed by atoms with Crippen LogP contribution in [-0.4, -0.2) is 0 Å². The molecule has 0 spiro atoms. The Morgan fingerprint density at radius 1 is 0.429 bits per heavy atom. The Morgan fingerprint density at radius 3 is 0.429 bits per heavy atom. The van der Waals surface area contributed by atoms with Crippen LogP contribution < -0.4 is 0 Å². The molecule has 0 N–H and O–H groups in total. The first kappa shape index (κ1) is 57.9. The van der Waals surface area contributed by atoms with Crippen LogP contribution in [0.2, 0.25) is 0 Å². The van der Waals surface area contributed by atoms with Gasteiger partial charge in [-0.3, -0.25) is 0 Å². The Kier molecular flexibility index (Phi) is 363. The van der Waals surface area contributed by atoms with Gasteiger partial charge in [-0.25, -0.2) is 0 Å². The minimum Gasteiger partial charge on any atom is -2.00 e. The van der Waals surface area contributed by atoms with Gasteiger partial charge in [-0.1, -0.05) is 0 Å². The smallest absolute Gasteiger partial charge is 2.00 e. The molecule has 4 radical (unpaired) electrons. The van der Waals surface area contributed by atoms with E-state index < -0.39 is 0 Å². The molecule has 0 aromatic carbocycles. The summed E-state index contributed by atoms with van der Waals surface area (Å²) in [6.45, 7) is 0. The molecule has 0 bridgehead atoms. The van der Waals surface area contributed by atoms with Gasteiger partial charge in [0.15, 0.2) is 0 Å². The van der Waals surface area contributed by atoms with Gasteiger partial charge in [0, 0.05) is 71.2 Å². The number of hydrogen-bond donors (Lipinski definition) is 0. The van der Waals surface area contributed by atoms with Gasteiger partial charge in [0.05, 0.1) is 0 Å². The van der Waals surface area contributed by atoms with E-state index in [9.17, 15) is 0 Å². The predicted octanol–water partition coefficient (Wildman–Crippen LogP) is -0.356. The van der Waals surface area contributed by atoms with Crippen LogP contribution >= 0.6 is 0 Å². The van der Waals surface area contributed by atoms with Crippen molar-refractivity contribution in [3.8, 4) is 0 Å². The SMILES string of the molecule is [Ce+3].[Ce+3].[La].[La].[O-2].[O-2].[O-2]. The van der Waals surface area contributed by atoms with Crippen LogP contribution in [-0.2, 0) is 16.4 Å².